The average molecular weight is 289 g/mol. The number of anilines is 1. The first-order valence-electron chi connectivity index (χ1n) is 6.64. The SMILES string of the molecule is CCc1c(NC)ncnc1Oc1cc(OC)cc(OC)c1. The molecule has 2 aromatic rings. The Morgan fingerprint density at radius 2 is 1.62 bits per heavy atom. The van der Waals surface area contributed by atoms with Gasteiger partial charge in [-0.25, -0.2) is 9.97 Å². The van der Waals surface area contributed by atoms with Gasteiger partial charge in [0.1, 0.15) is 29.4 Å². The fourth-order valence-corrected chi connectivity index (χ4v) is 1.97. The first-order valence-corrected chi connectivity index (χ1v) is 6.64. The van der Waals surface area contributed by atoms with Gasteiger partial charge in [-0.15, -0.1) is 0 Å². The highest BCUT2D eigenvalue weighted by atomic mass is 16.5. The molecule has 6 nitrogen and oxygen atoms in total. The summed E-state index contributed by atoms with van der Waals surface area (Å²) in [6.45, 7) is 2.03. The van der Waals surface area contributed by atoms with Crippen LogP contribution < -0.4 is 19.5 Å². The van der Waals surface area contributed by atoms with E-state index in [1.807, 2.05) is 14.0 Å². The first kappa shape index (κ1) is 14.9. The Hall–Kier alpha value is -2.50. The Labute approximate surface area is 124 Å². The van der Waals surface area contributed by atoms with Gasteiger partial charge in [0.15, 0.2) is 0 Å². The summed E-state index contributed by atoms with van der Waals surface area (Å²) in [6.07, 6.45) is 2.23. The van der Waals surface area contributed by atoms with Gasteiger partial charge in [0.05, 0.1) is 19.8 Å². The summed E-state index contributed by atoms with van der Waals surface area (Å²) in [4.78, 5) is 8.40. The predicted molar refractivity (Wildman–Crippen MR) is 80.6 cm³/mol. The van der Waals surface area contributed by atoms with E-state index >= 15 is 0 Å². The number of rotatable bonds is 6. The van der Waals surface area contributed by atoms with E-state index in [0.29, 0.717) is 23.1 Å². The summed E-state index contributed by atoms with van der Waals surface area (Å²) in [5, 5.41) is 3.04. The summed E-state index contributed by atoms with van der Waals surface area (Å²) in [5.41, 5.74) is 0.918. The highest BCUT2D eigenvalue weighted by Crippen LogP contribution is 2.32. The van der Waals surface area contributed by atoms with Crippen LogP contribution >= 0.6 is 0 Å². The van der Waals surface area contributed by atoms with Crippen molar-refractivity contribution in [3.63, 3.8) is 0 Å². The van der Waals surface area contributed by atoms with Crippen molar-refractivity contribution in [2.24, 2.45) is 0 Å². The van der Waals surface area contributed by atoms with Gasteiger partial charge >= 0.3 is 0 Å². The Morgan fingerprint density at radius 3 is 2.14 bits per heavy atom. The Bertz CT molecular complexity index is 595. The number of benzene rings is 1. The van der Waals surface area contributed by atoms with E-state index in [2.05, 4.69) is 15.3 Å². The number of hydrogen-bond acceptors (Lipinski definition) is 6. The van der Waals surface area contributed by atoms with Crippen LogP contribution in [0, 0.1) is 0 Å². The molecule has 0 aliphatic rings. The van der Waals surface area contributed by atoms with Crippen molar-refractivity contribution in [1.82, 2.24) is 9.97 Å². The van der Waals surface area contributed by atoms with Crippen LogP contribution in [-0.2, 0) is 6.42 Å². The van der Waals surface area contributed by atoms with E-state index in [-0.39, 0.29) is 0 Å². The number of hydrogen-bond donors (Lipinski definition) is 1. The fraction of sp³-hybridized carbons (Fsp3) is 0.333. The molecule has 0 aliphatic carbocycles. The minimum Gasteiger partial charge on any atom is -0.496 e. The van der Waals surface area contributed by atoms with Crippen LogP contribution in [0.1, 0.15) is 12.5 Å². The van der Waals surface area contributed by atoms with Crippen molar-refractivity contribution in [2.75, 3.05) is 26.6 Å². The molecule has 0 fully saturated rings. The molecule has 21 heavy (non-hydrogen) atoms. The molecule has 0 saturated heterocycles. The van der Waals surface area contributed by atoms with Crippen LogP contribution in [-0.4, -0.2) is 31.2 Å². The summed E-state index contributed by atoms with van der Waals surface area (Å²) in [7, 11) is 5.01. The highest BCUT2D eigenvalue weighted by Gasteiger charge is 2.12. The van der Waals surface area contributed by atoms with Crippen molar-refractivity contribution < 1.29 is 14.2 Å². The molecule has 0 bridgehead atoms. The highest BCUT2D eigenvalue weighted by molar-refractivity contribution is 5.50. The Morgan fingerprint density at radius 1 is 1.00 bits per heavy atom. The summed E-state index contributed by atoms with van der Waals surface area (Å²) >= 11 is 0. The standard InChI is InChI=1S/C15H19N3O3/c1-5-13-14(16-2)17-9-18-15(13)21-12-7-10(19-3)6-11(8-12)20-4/h6-9H,5H2,1-4H3,(H,16,17,18). The maximum atomic E-state index is 5.88. The zero-order valence-corrected chi connectivity index (χ0v) is 12.6. The van der Waals surface area contributed by atoms with Gasteiger partial charge in [0, 0.05) is 25.2 Å². The normalized spacial score (nSPS) is 10.1. The molecule has 1 heterocycles. The molecular formula is C15H19N3O3. The van der Waals surface area contributed by atoms with Crippen molar-refractivity contribution in [3.8, 4) is 23.1 Å². The molecule has 0 unspecified atom stereocenters. The van der Waals surface area contributed by atoms with E-state index in [0.717, 1.165) is 17.8 Å². The molecule has 1 aromatic carbocycles. The van der Waals surface area contributed by atoms with Crippen molar-refractivity contribution in [3.05, 3.63) is 30.1 Å². The van der Waals surface area contributed by atoms with Gasteiger partial charge in [0.2, 0.25) is 5.88 Å². The number of nitrogens with zero attached hydrogens (tertiary/aromatic N) is 2. The van der Waals surface area contributed by atoms with Gasteiger partial charge in [0.25, 0.3) is 0 Å². The third kappa shape index (κ3) is 3.34. The van der Waals surface area contributed by atoms with Crippen LogP contribution in [0.4, 0.5) is 5.82 Å². The maximum Gasteiger partial charge on any atom is 0.227 e. The summed E-state index contributed by atoms with van der Waals surface area (Å²) < 4.78 is 16.3. The van der Waals surface area contributed by atoms with Gasteiger partial charge in [-0.05, 0) is 6.42 Å². The quantitative estimate of drug-likeness (QED) is 0.882. The van der Waals surface area contributed by atoms with E-state index in [9.17, 15) is 0 Å². The number of nitrogens with one attached hydrogen (secondary N) is 1. The van der Waals surface area contributed by atoms with E-state index in [1.165, 1.54) is 6.33 Å². The lowest BCUT2D eigenvalue weighted by Gasteiger charge is -2.13. The number of ether oxygens (including phenoxy) is 3. The van der Waals surface area contributed by atoms with Gasteiger partial charge in [-0.1, -0.05) is 6.92 Å². The lowest BCUT2D eigenvalue weighted by atomic mass is 10.2. The third-order valence-corrected chi connectivity index (χ3v) is 3.04. The van der Waals surface area contributed by atoms with E-state index < -0.39 is 0 Å². The molecule has 0 atom stereocenters. The minimum atomic E-state index is 0.521. The van der Waals surface area contributed by atoms with Crippen molar-refractivity contribution >= 4 is 5.82 Å². The van der Waals surface area contributed by atoms with Crippen LogP contribution in [0.2, 0.25) is 0 Å². The second-order valence-electron chi connectivity index (χ2n) is 4.26. The zero-order chi connectivity index (χ0) is 15.2. The molecule has 0 saturated carbocycles. The molecule has 1 N–H and O–H groups in total. The first-order chi connectivity index (χ1) is 10.2. The van der Waals surface area contributed by atoms with Crippen LogP contribution in [0.15, 0.2) is 24.5 Å². The van der Waals surface area contributed by atoms with Crippen LogP contribution in [0.3, 0.4) is 0 Å². The molecule has 0 radical (unpaired) electrons. The molecule has 2 rings (SSSR count). The van der Waals surface area contributed by atoms with Crippen molar-refractivity contribution in [1.29, 1.82) is 0 Å². The second-order valence-corrected chi connectivity index (χ2v) is 4.26. The summed E-state index contributed by atoms with van der Waals surface area (Å²) in [6, 6.07) is 5.35. The topological polar surface area (TPSA) is 65.5 Å². The fourth-order valence-electron chi connectivity index (χ4n) is 1.97. The lowest BCUT2D eigenvalue weighted by molar-refractivity contribution is 0.384. The van der Waals surface area contributed by atoms with E-state index in [1.54, 1.807) is 32.4 Å². The van der Waals surface area contributed by atoms with Gasteiger partial charge < -0.3 is 19.5 Å². The molecule has 112 valence electrons. The Balaban J connectivity index is 2.38. The molecule has 0 aliphatic heterocycles. The molecule has 0 spiro atoms. The lowest BCUT2D eigenvalue weighted by Crippen LogP contribution is -2.02. The number of aromatic nitrogens is 2. The monoisotopic (exact) mass is 289 g/mol. The van der Waals surface area contributed by atoms with Crippen molar-refractivity contribution in [2.45, 2.75) is 13.3 Å². The third-order valence-electron chi connectivity index (χ3n) is 3.04. The molecule has 1 aromatic heterocycles. The predicted octanol–water partition coefficient (Wildman–Crippen LogP) is 2.89. The maximum absolute atomic E-state index is 5.88. The Kier molecular flexibility index (Phi) is 4.81. The summed E-state index contributed by atoms with van der Waals surface area (Å²) in [5.74, 6) is 3.20. The molecule has 6 heteroatoms. The minimum absolute atomic E-state index is 0.521. The van der Waals surface area contributed by atoms with Gasteiger partial charge in [-0.3, -0.25) is 0 Å². The van der Waals surface area contributed by atoms with Crippen LogP contribution in [0.5, 0.6) is 23.1 Å². The molecular weight excluding hydrogens is 270 g/mol. The van der Waals surface area contributed by atoms with E-state index in [4.69, 9.17) is 14.2 Å². The second kappa shape index (κ2) is 6.78. The molecule has 0 amide bonds. The zero-order valence-electron chi connectivity index (χ0n) is 12.6. The van der Waals surface area contributed by atoms with Gasteiger partial charge in [-0.2, -0.15) is 0 Å². The van der Waals surface area contributed by atoms with Crippen LogP contribution in [0.25, 0.3) is 0 Å². The largest absolute Gasteiger partial charge is 0.496 e. The number of methoxy groups -OCH3 is 2. The smallest absolute Gasteiger partial charge is 0.227 e. The average Bonchev–Trinajstić information content (AvgIpc) is 2.54.